The molecule has 3 rings (SSSR count). The number of fused-ring (bicyclic) bond motifs is 3. The van der Waals surface area contributed by atoms with Crippen LogP contribution in [0.25, 0.3) is 0 Å². The molecule has 0 aromatic carbocycles. The molecule has 1 saturated carbocycles. The van der Waals surface area contributed by atoms with Crippen LogP contribution in [-0.2, 0) is 28.6 Å². The average Bonchev–Trinajstić information content (AvgIpc) is 3.01. The second-order valence-corrected chi connectivity index (χ2v) is 9.17. The van der Waals surface area contributed by atoms with E-state index in [9.17, 15) is 19.5 Å². The highest BCUT2D eigenvalue weighted by Crippen LogP contribution is 2.54. The summed E-state index contributed by atoms with van der Waals surface area (Å²) >= 11 is 0. The van der Waals surface area contributed by atoms with Crippen molar-refractivity contribution in [2.45, 2.75) is 77.8 Å². The maximum absolute atomic E-state index is 12.8. The van der Waals surface area contributed by atoms with E-state index in [1.807, 2.05) is 13.0 Å². The van der Waals surface area contributed by atoms with Crippen molar-refractivity contribution < 1.29 is 33.7 Å². The third kappa shape index (κ3) is 3.72. The summed E-state index contributed by atoms with van der Waals surface area (Å²) in [6.45, 7) is 9.96. The van der Waals surface area contributed by atoms with E-state index in [-0.39, 0.29) is 18.3 Å². The van der Waals surface area contributed by atoms with Gasteiger partial charge in [-0.15, -0.1) is 0 Å². The van der Waals surface area contributed by atoms with Gasteiger partial charge in [-0.05, 0) is 41.0 Å². The summed E-state index contributed by atoms with van der Waals surface area (Å²) in [4.78, 5) is 37.1. The molecule has 0 amide bonds. The van der Waals surface area contributed by atoms with Crippen LogP contribution in [0.2, 0.25) is 0 Å². The zero-order valence-electron chi connectivity index (χ0n) is 17.9. The summed E-state index contributed by atoms with van der Waals surface area (Å²) in [6.07, 6.45) is 2.66. The molecule has 0 radical (unpaired) electrons. The lowest BCUT2D eigenvalue weighted by Crippen LogP contribution is -2.50. The summed E-state index contributed by atoms with van der Waals surface area (Å²) in [6, 6.07) is 0. The second kappa shape index (κ2) is 7.27. The molecule has 3 aliphatic rings. The van der Waals surface area contributed by atoms with Crippen molar-refractivity contribution in [3.05, 3.63) is 23.3 Å². The molecule has 7 atom stereocenters. The van der Waals surface area contributed by atoms with Crippen LogP contribution in [-0.4, -0.2) is 46.4 Å². The Hall–Kier alpha value is -2.15. The van der Waals surface area contributed by atoms with Gasteiger partial charge in [0.2, 0.25) is 5.60 Å². The van der Waals surface area contributed by atoms with Gasteiger partial charge in [0.25, 0.3) is 0 Å². The predicted octanol–water partition coefficient (Wildman–Crippen LogP) is 2.46. The van der Waals surface area contributed by atoms with Crippen LogP contribution in [0.4, 0.5) is 0 Å². The van der Waals surface area contributed by atoms with Gasteiger partial charge in [0.15, 0.2) is 0 Å². The summed E-state index contributed by atoms with van der Waals surface area (Å²) in [7, 11) is 0. The van der Waals surface area contributed by atoms with Crippen molar-refractivity contribution in [2.24, 2.45) is 17.8 Å². The Labute approximate surface area is 171 Å². The van der Waals surface area contributed by atoms with E-state index in [1.54, 1.807) is 20.8 Å². The van der Waals surface area contributed by atoms with Crippen LogP contribution in [0.15, 0.2) is 23.3 Å². The molecule has 7 heteroatoms. The van der Waals surface area contributed by atoms with Gasteiger partial charge in [-0.3, -0.25) is 4.79 Å². The summed E-state index contributed by atoms with van der Waals surface area (Å²) in [5, 5.41) is 11.3. The topological polar surface area (TPSA) is 99.1 Å². The van der Waals surface area contributed by atoms with Crippen LogP contribution in [0.3, 0.4) is 0 Å². The van der Waals surface area contributed by atoms with E-state index < -0.39 is 47.2 Å². The van der Waals surface area contributed by atoms with Crippen molar-refractivity contribution in [1.82, 2.24) is 0 Å². The third-order valence-electron chi connectivity index (χ3n) is 6.49. The highest BCUT2D eigenvalue weighted by molar-refractivity contribution is 5.86. The first-order valence-electron chi connectivity index (χ1n) is 10.0. The number of hydrogen-bond acceptors (Lipinski definition) is 7. The molecular formula is C22H30O7. The van der Waals surface area contributed by atoms with E-state index in [0.717, 1.165) is 11.1 Å². The van der Waals surface area contributed by atoms with Gasteiger partial charge < -0.3 is 19.3 Å². The van der Waals surface area contributed by atoms with Crippen molar-refractivity contribution in [1.29, 1.82) is 0 Å². The fourth-order valence-corrected chi connectivity index (χ4v) is 5.30. The monoisotopic (exact) mass is 406 g/mol. The molecular weight excluding hydrogens is 376 g/mol. The van der Waals surface area contributed by atoms with Crippen LogP contribution < -0.4 is 0 Å². The fraction of sp³-hybridized carbons (Fsp3) is 0.682. The summed E-state index contributed by atoms with van der Waals surface area (Å²) in [5.74, 6) is -2.97. The molecule has 0 aromatic heterocycles. The number of esters is 3. The molecule has 2 fully saturated rings. The van der Waals surface area contributed by atoms with Crippen molar-refractivity contribution in [3.63, 3.8) is 0 Å². The van der Waals surface area contributed by atoms with Gasteiger partial charge in [0.05, 0.1) is 11.5 Å². The van der Waals surface area contributed by atoms with Gasteiger partial charge >= 0.3 is 17.9 Å². The van der Waals surface area contributed by atoms with Gasteiger partial charge in [-0.2, -0.15) is 0 Å². The first kappa shape index (κ1) is 21.6. The zero-order valence-corrected chi connectivity index (χ0v) is 17.9. The normalized spacial score (nSPS) is 40.7. The quantitative estimate of drug-likeness (QED) is 0.333. The fourth-order valence-electron chi connectivity index (χ4n) is 5.30. The lowest BCUT2D eigenvalue weighted by Gasteiger charge is -2.35. The first-order chi connectivity index (χ1) is 13.4. The number of carbonyl (C=O) groups excluding carboxylic acids is 3. The minimum atomic E-state index is -1.60. The number of carbonyl (C=O) groups is 3. The lowest BCUT2D eigenvalue weighted by atomic mass is 9.75. The van der Waals surface area contributed by atoms with E-state index >= 15 is 0 Å². The Kier molecular flexibility index (Phi) is 5.41. The molecule has 1 N–H and O–H groups in total. The lowest BCUT2D eigenvalue weighted by molar-refractivity contribution is -0.178. The van der Waals surface area contributed by atoms with E-state index in [0.29, 0.717) is 6.42 Å². The molecule has 0 bridgehead atoms. The van der Waals surface area contributed by atoms with Crippen LogP contribution >= 0.6 is 0 Å². The molecule has 2 aliphatic carbocycles. The number of hydrogen-bond donors (Lipinski definition) is 1. The SMILES string of the molecule is CC(=O)OC1(C)C(=O)OC2C3C(C)=CCC3C(C)(O)CC(OC(=O)C=C(C)C)C21. The second-order valence-electron chi connectivity index (χ2n) is 9.17. The van der Waals surface area contributed by atoms with Crippen LogP contribution in [0.5, 0.6) is 0 Å². The molecule has 160 valence electrons. The highest BCUT2D eigenvalue weighted by Gasteiger charge is 2.67. The Balaban J connectivity index is 2.09. The van der Waals surface area contributed by atoms with E-state index in [2.05, 4.69) is 0 Å². The largest absolute Gasteiger partial charge is 0.458 e. The molecule has 0 aromatic rings. The van der Waals surface area contributed by atoms with Gasteiger partial charge in [0, 0.05) is 31.3 Å². The minimum Gasteiger partial charge on any atom is -0.458 e. The van der Waals surface area contributed by atoms with Crippen molar-refractivity contribution >= 4 is 17.9 Å². The van der Waals surface area contributed by atoms with Crippen molar-refractivity contribution in [2.75, 3.05) is 0 Å². The maximum Gasteiger partial charge on any atom is 0.351 e. The standard InChI is InChI=1S/C22H30O7/c1-11(2)9-16(24)27-15-10-21(5,26)14-8-7-12(3)17(14)19-18(15)22(6,20(25)28-19)29-13(4)23/h7,9,14-15,17-19,26H,8,10H2,1-6H3. The van der Waals surface area contributed by atoms with E-state index in [1.165, 1.54) is 19.9 Å². The van der Waals surface area contributed by atoms with Gasteiger partial charge in [-0.25, -0.2) is 9.59 Å². The molecule has 29 heavy (non-hydrogen) atoms. The van der Waals surface area contributed by atoms with Gasteiger partial charge in [0.1, 0.15) is 12.2 Å². The third-order valence-corrected chi connectivity index (χ3v) is 6.49. The summed E-state index contributed by atoms with van der Waals surface area (Å²) in [5.41, 5.74) is -0.964. The van der Waals surface area contributed by atoms with Crippen LogP contribution in [0.1, 0.15) is 54.4 Å². The maximum atomic E-state index is 12.8. The molecule has 7 nitrogen and oxygen atoms in total. The first-order valence-corrected chi connectivity index (χ1v) is 10.0. The van der Waals surface area contributed by atoms with Crippen molar-refractivity contribution in [3.8, 4) is 0 Å². The number of aliphatic hydroxyl groups is 1. The summed E-state index contributed by atoms with van der Waals surface area (Å²) < 4.78 is 17.0. The molecule has 7 unspecified atom stereocenters. The Morgan fingerprint density at radius 3 is 2.52 bits per heavy atom. The molecule has 1 saturated heterocycles. The molecule has 1 heterocycles. The van der Waals surface area contributed by atoms with Crippen LogP contribution in [0, 0.1) is 17.8 Å². The predicted molar refractivity (Wildman–Crippen MR) is 103 cm³/mol. The Morgan fingerprint density at radius 2 is 1.93 bits per heavy atom. The zero-order chi connectivity index (χ0) is 21.7. The average molecular weight is 406 g/mol. The van der Waals surface area contributed by atoms with E-state index in [4.69, 9.17) is 14.2 Å². The number of ether oxygens (including phenoxy) is 3. The number of rotatable bonds is 3. The smallest absolute Gasteiger partial charge is 0.351 e. The Bertz CT molecular complexity index is 789. The molecule has 1 aliphatic heterocycles. The number of allylic oxidation sites excluding steroid dienone is 2. The van der Waals surface area contributed by atoms with Gasteiger partial charge in [-0.1, -0.05) is 17.2 Å². The Morgan fingerprint density at radius 1 is 1.28 bits per heavy atom. The minimum absolute atomic E-state index is 0.117. The molecule has 0 spiro atoms. The highest BCUT2D eigenvalue weighted by atomic mass is 16.6.